The summed E-state index contributed by atoms with van der Waals surface area (Å²) in [6, 6.07) is 10.9. The summed E-state index contributed by atoms with van der Waals surface area (Å²) in [4.78, 5) is 2.65. The van der Waals surface area contributed by atoms with E-state index in [2.05, 4.69) is 47.5 Å². The van der Waals surface area contributed by atoms with Crippen molar-refractivity contribution < 1.29 is 0 Å². The Morgan fingerprint density at radius 3 is 2.74 bits per heavy atom. The molecule has 1 unspecified atom stereocenters. The molecule has 0 aromatic heterocycles. The molecule has 0 spiro atoms. The van der Waals surface area contributed by atoms with Crippen LogP contribution in [0.1, 0.15) is 38.2 Å². The molecule has 1 aromatic carbocycles. The van der Waals surface area contributed by atoms with Crippen LogP contribution in [-0.4, -0.2) is 31.1 Å². The molecule has 1 saturated carbocycles. The van der Waals surface area contributed by atoms with E-state index in [0.29, 0.717) is 0 Å². The fraction of sp³-hybridized carbons (Fsp3) is 0.647. The van der Waals surface area contributed by atoms with Crippen molar-refractivity contribution in [1.29, 1.82) is 0 Å². The number of hydrogen-bond acceptors (Lipinski definition) is 2. The number of rotatable bonds is 4. The van der Waals surface area contributed by atoms with Crippen molar-refractivity contribution >= 4 is 0 Å². The van der Waals surface area contributed by atoms with E-state index in [1.807, 2.05) is 0 Å². The molecule has 0 radical (unpaired) electrons. The van der Waals surface area contributed by atoms with Gasteiger partial charge in [0.2, 0.25) is 0 Å². The Kier molecular flexibility index (Phi) is 3.90. The van der Waals surface area contributed by atoms with Gasteiger partial charge in [-0.1, -0.05) is 49.6 Å². The van der Waals surface area contributed by atoms with Crippen LogP contribution in [-0.2, 0) is 5.54 Å². The number of nitrogens with zero attached hydrogens (tertiary/aromatic N) is 1. The first kappa shape index (κ1) is 13.1. The van der Waals surface area contributed by atoms with Gasteiger partial charge in [0.1, 0.15) is 0 Å². The van der Waals surface area contributed by atoms with Gasteiger partial charge >= 0.3 is 0 Å². The second kappa shape index (κ2) is 5.64. The quantitative estimate of drug-likeness (QED) is 0.893. The molecule has 3 rings (SSSR count). The zero-order chi connectivity index (χ0) is 13.1. The Labute approximate surface area is 117 Å². The SMILES string of the molecule is CC1(c2ccccc2)CN(CCC2CCC2)CCN1. The van der Waals surface area contributed by atoms with Crippen molar-refractivity contribution in [2.75, 3.05) is 26.2 Å². The van der Waals surface area contributed by atoms with Crippen molar-refractivity contribution in [3.63, 3.8) is 0 Å². The minimum Gasteiger partial charge on any atom is -0.305 e. The number of piperazine rings is 1. The molecule has 0 bridgehead atoms. The molecule has 1 atom stereocenters. The Hall–Kier alpha value is -0.860. The number of benzene rings is 1. The van der Waals surface area contributed by atoms with Crippen LogP contribution in [0.4, 0.5) is 0 Å². The fourth-order valence-corrected chi connectivity index (χ4v) is 3.41. The Morgan fingerprint density at radius 2 is 2.05 bits per heavy atom. The first-order valence-corrected chi connectivity index (χ1v) is 7.79. The zero-order valence-electron chi connectivity index (χ0n) is 12.1. The lowest BCUT2D eigenvalue weighted by Gasteiger charge is -2.42. The minimum atomic E-state index is 0.124. The average Bonchev–Trinajstić information content (AvgIpc) is 2.38. The summed E-state index contributed by atoms with van der Waals surface area (Å²) in [5.74, 6) is 1.03. The summed E-state index contributed by atoms with van der Waals surface area (Å²) in [5, 5.41) is 3.72. The topological polar surface area (TPSA) is 15.3 Å². The molecule has 1 heterocycles. The van der Waals surface area contributed by atoms with Crippen LogP contribution in [0.3, 0.4) is 0 Å². The van der Waals surface area contributed by atoms with E-state index < -0.39 is 0 Å². The minimum absolute atomic E-state index is 0.124. The van der Waals surface area contributed by atoms with Crippen LogP contribution in [0.15, 0.2) is 30.3 Å². The monoisotopic (exact) mass is 258 g/mol. The van der Waals surface area contributed by atoms with Crippen molar-refractivity contribution in [2.45, 2.75) is 38.1 Å². The summed E-state index contributed by atoms with van der Waals surface area (Å²) in [6.07, 6.45) is 5.82. The molecular formula is C17H26N2. The van der Waals surface area contributed by atoms with Gasteiger partial charge in [0.25, 0.3) is 0 Å². The molecule has 1 aromatic rings. The zero-order valence-corrected chi connectivity index (χ0v) is 12.1. The third kappa shape index (κ3) is 3.01. The lowest BCUT2D eigenvalue weighted by Crippen LogP contribution is -2.56. The van der Waals surface area contributed by atoms with Gasteiger partial charge in [-0.05, 0) is 31.4 Å². The van der Waals surface area contributed by atoms with Gasteiger partial charge in [0.05, 0.1) is 5.54 Å². The standard InChI is InChI=1S/C17H26N2/c1-17(16-8-3-2-4-9-16)14-19(13-11-18-17)12-10-15-6-5-7-15/h2-4,8-9,15,18H,5-7,10-14H2,1H3. The second-order valence-corrected chi connectivity index (χ2v) is 6.49. The van der Waals surface area contributed by atoms with E-state index in [-0.39, 0.29) is 5.54 Å². The molecule has 104 valence electrons. The molecule has 2 fully saturated rings. The van der Waals surface area contributed by atoms with Gasteiger partial charge in [0.15, 0.2) is 0 Å². The summed E-state index contributed by atoms with van der Waals surface area (Å²) >= 11 is 0. The highest BCUT2D eigenvalue weighted by atomic mass is 15.2. The maximum atomic E-state index is 3.72. The van der Waals surface area contributed by atoms with Crippen LogP contribution in [0.2, 0.25) is 0 Å². The third-order valence-corrected chi connectivity index (χ3v) is 4.97. The molecular weight excluding hydrogens is 232 g/mol. The Morgan fingerprint density at radius 1 is 1.26 bits per heavy atom. The van der Waals surface area contributed by atoms with Crippen molar-refractivity contribution in [3.8, 4) is 0 Å². The highest BCUT2D eigenvalue weighted by molar-refractivity contribution is 5.24. The van der Waals surface area contributed by atoms with Crippen LogP contribution in [0.5, 0.6) is 0 Å². The molecule has 1 aliphatic carbocycles. The normalized spacial score (nSPS) is 29.1. The van der Waals surface area contributed by atoms with Crippen LogP contribution < -0.4 is 5.32 Å². The van der Waals surface area contributed by atoms with Gasteiger partial charge in [-0.25, -0.2) is 0 Å². The maximum absolute atomic E-state index is 3.72. The van der Waals surface area contributed by atoms with Gasteiger partial charge in [-0.3, -0.25) is 4.90 Å². The summed E-state index contributed by atoms with van der Waals surface area (Å²) in [5.41, 5.74) is 1.54. The van der Waals surface area contributed by atoms with E-state index in [4.69, 9.17) is 0 Å². The highest BCUT2D eigenvalue weighted by Crippen LogP contribution is 2.30. The smallest absolute Gasteiger partial charge is 0.0535 e. The highest BCUT2D eigenvalue weighted by Gasteiger charge is 2.32. The molecule has 1 aliphatic heterocycles. The largest absolute Gasteiger partial charge is 0.305 e. The summed E-state index contributed by atoms with van der Waals surface area (Å²) < 4.78 is 0. The predicted octanol–water partition coefficient (Wildman–Crippen LogP) is 3.00. The van der Waals surface area contributed by atoms with Crippen LogP contribution in [0, 0.1) is 5.92 Å². The van der Waals surface area contributed by atoms with E-state index in [1.165, 1.54) is 44.3 Å². The van der Waals surface area contributed by atoms with Crippen LogP contribution >= 0.6 is 0 Å². The Balaban J connectivity index is 1.60. The lowest BCUT2D eigenvalue weighted by molar-refractivity contribution is 0.127. The number of hydrogen-bond donors (Lipinski definition) is 1. The Bertz CT molecular complexity index is 399. The molecule has 1 saturated heterocycles. The van der Waals surface area contributed by atoms with Crippen molar-refractivity contribution in [2.24, 2.45) is 5.92 Å². The van der Waals surface area contributed by atoms with Gasteiger partial charge < -0.3 is 5.32 Å². The first-order chi connectivity index (χ1) is 9.26. The van der Waals surface area contributed by atoms with Crippen molar-refractivity contribution in [3.05, 3.63) is 35.9 Å². The van der Waals surface area contributed by atoms with Crippen LogP contribution in [0.25, 0.3) is 0 Å². The van der Waals surface area contributed by atoms with Gasteiger partial charge in [-0.15, -0.1) is 0 Å². The lowest BCUT2D eigenvalue weighted by atomic mass is 9.82. The molecule has 0 amide bonds. The molecule has 2 nitrogen and oxygen atoms in total. The predicted molar refractivity (Wildman–Crippen MR) is 80.2 cm³/mol. The molecule has 19 heavy (non-hydrogen) atoms. The second-order valence-electron chi connectivity index (χ2n) is 6.49. The van der Waals surface area contributed by atoms with Gasteiger partial charge in [0, 0.05) is 19.6 Å². The molecule has 1 N–H and O–H groups in total. The van der Waals surface area contributed by atoms with Crippen molar-refractivity contribution in [1.82, 2.24) is 10.2 Å². The van der Waals surface area contributed by atoms with E-state index in [1.54, 1.807) is 0 Å². The molecule has 2 aliphatic rings. The van der Waals surface area contributed by atoms with E-state index in [9.17, 15) is 0 Å². The molecule has 2 heteroatoms. The van der Waals surface area contributed by atoms with Gasteiger partial charge in [-0.2, -0.15) is 0 Å². The maximum Gasteiger partial charge on any atom is 0.0535 e. The third-order valence-electron chi connectivity index (χ3n) is 4.97. The summed E-state index contributed by atoms with van der Waals surface area (Å²) in [7, 11) is 0. The summed E-state index contributed by atoms with van der Waals surface area (Å²) in [6.45, 7) is 7.08. The van der Waals surface area contributed by atoms with E-state index >= 15 is 0 Å². The average molecular weight is 258 g/mol. The first-order valence-electron chi connectivity index (χ1n) is 7.79. The van der Waals surface area contributed by atoms with E-state index in [0.717, 1.165) is 19.0 Å². The fourth-order valence-electron chi connectivity index (χ4n) is 3.41. The number of nitrogens with one attached hydrogen (secondary N) is 1.